The van der Waals surface area contributed by atoms with Gasteiger partial charge in [-0.15, -0.1) is 0 Å². The maximum atomic E-state index is 10.2. The van der Waals surface area contributed by atoms with Crippen LogP contribution in [-0.2, 0) is 14.4 Å². The Morgan fingerprint density at radius 2 is 0.786 bits per heavy atom. The summed E-state index contributed by atoms with van der Waals surface area (Å²) in [6.45, 7) is 10.6. The van der Waals surface area contributed by atoms with Crippen LogP contribution in [0.2, 0.25) is 0 Å². The van der Waals surface area contributed by atoms with Crippen molar-refractivity contribution in [3.05, 3.63) is 108 Å². The SMILES string of the molecule is C=C1C=CC=C1C(=O)O.C=C1C=CC=C1C(=O)O.C=C1C=CC=C1C(=O)O.[La]. The number of rotatable bonds is 3. The minimum atomic E-state index is -0.912. The molecule has 0 fully saturated rings. The molecule has 0 aromatic rings. The molecule has 3 aliphatic carbocycles. The van der Waals surface area contributed by atoms with E-state index in [-0.39, 0.29) is 52.3 Å². The normalized spacial score (nSPS) is 15.4. The van der Waals surface area contributed by atoms with E-state index in [1.54, 1.807) is 36.5 Å². The van der Waals surface area contributed by atoms with Gasteiger partial charge in [-0.05, 0) is 34.9 Å². The van der Waals surface area contributed by atoms with Crippen molar-refractivity contribution in [2.24, 2.45) is 0 Å². The molecule has 0 aromatic carbocycles. The van der Waals surface area contributed by atoms with Gasteiger partial charge in [-0.25, -0.2) is 14.4 Å². The number of carboxylic acids is 3. The fourth-order valence-corrected chi connectivity index (χ4v) is 2.00. The predicted octanol–water partition coefficient (Wildman–Crippen LogP) is 3.37. The average Bonchev–Trinajstić information content (AvgIpc) is 3.29. The Balaban J connectivity index is 0.000000384. The van der Waals surface area contributed by atoms with E-state index < -0.39 is 17.9 Å². The van der Waals surface area contributed by atoms with Gasteiger partial charge in [0.1, 0.15) is 0 Å². The Morgan fingerprint density at radius 3 is 0.857 bits per heavy atom. The zero-order chi connectivity index (χ0) is 20.6. The van der Waals surface area contributed by atoms with Crippen molar-refractivity contribution < 1.29 is 65.3 Å². The summed E-state index contributed by atoms with van der Waals surface area (Å²) in [4.78, 5) is 30.7. The Kier molecular flexibility index (Phi) is 10.7. The molecule has 1 radical (unpaired) electrons. The van der Waals surface area contributed by atoms with E-state index in [2.05, 4.69) is 19.7 Å². The minimum absolute atomic E-state index is 0. The van der Waals surface area contributed by atoms with Gasteiger partial charge in [0.25, 0.3) is 0 Å². The van der Waals surface area contributed by atoms with Crippen LogP contribution in [0.15, 0.2) is 108 Å². The summed E-state index contributed by atoms with van der Waals surface area (Å²) in [6.07, 6.45) is 14.6. The van der Waals surface area contributed by atoms with Crippen LogP contribution in [0.1, 0.15) is 0 Å². The Hall–Kier alpha value is -2.74. The smallest absolute Gasteiger partial charge is 0.336 e. The van der Waals surface area contributed by atoms with Crippen molar-refractivity contribution in [3.8, 4) is 0 Å². The topological polar surface area (TPSA) is 112 Å². The molecule has 0 heterocycles. The molecule has 3 N–H and O–H groups in total. The maximum absolute atomic E-state index is 10.2. The second kappa shape index (κ2) is 11.9. The van der Waals surface area contributed by atoms with Gasteiger partial charge < -0.3 is 15.3 Å². The maximum Gasteiger partial charge on any atom is 0.336 e. The van der Waals surface area contributed by atoms with Crippen LogP contribution in [0.4, 0.5) is 0 Å². The van der Waals surface area contributed by atoms with E-state index in [1.165, 1.54) is 18.2 Å². The number of carbonyl (C=O) groups is 3. The molecule has 0 atom stereocenters. The Labute approximate surface area is 190 Å². The van der Waals surface area contributed by atoms with E-state index in [4.69, 9.17) is 15.3 Å². The first-order chi connectivity index (χ1) is 12.6. The van der Waals surface area contributed by atoms with Gasteiger partial charge in [-0.3, -0.25) is 0 Å². The zero-order valence-corrected chi connectivity index (χ0v) is 18.6. The molecule has 0 aliphatic heterocycles. The second-order valence-corrected chi connectivity index (χ2v) is 5.31. The molecular formula is C21H18LaO6. The van der Waals surface area contributed by atoms with Gasteiger partial charge in [0.15, 0.2) is 0 Å². The van der Waals surface area contributed by atoms with E-state index in [9.17, 15) is 14.4 Å². The van der Waals surface area contributed by atoms with Gasteiger partial charge in [-0.2, -0.15) is 0 Å². The molecule has 3 aliphatic rings. The zero-order valence-electron chi connectivity index (χ0n) is 15.0. The second-order valence-electron chi connectivity index (χ2n) is 5.31. The van der Waals surface area contributed by atoms with E-state index in [0.29, 0.717) is 16.7 Å². The van der Waals surface area contributed by atoms with Crippen LogP contribution in [0.25, 0.3) is 0 Å². The van der Waals surface area contributed by atoms with Crippen molar-refractivity contribution in [3.63, 3.8) is 0 Å². The monoisotopic (exact) mass is 505 g/mol. The van der Waals surface area contributed by atoms with E-state index in [0.717, 1.165) is 0 Å². The van der Waals surface area contributed by atoms with Gasteiger partial charge >= 0.3 is 17.9 Å². The number of allylic oxidation sites excluding steroid dienone is 9. The number of carboxylic acid groups (broad SMARTS) is 3. The van der Waals surface area contributed by atoms with E-state index >= 15 is 0 Å². The molecule has 0 bridgehead atoms. The van der Waals surface area contributed by atoms with Gasteiger partial charge in [-0.1, -0.05) is 56.2 Å². The molecule has 28 heavy (non-hydrogen) atoms. The molecule has 0 saturated carbocycles. The molecule has 0 aromatic heterocycles. The van der Waals surface area contributed by atoms with Crippen LogP contribution in [-0.4, -0.2) is 33.2 Å². The third kappa shape index (κ3) is 7.48. The number of aliphatic carboxylic acids is 3. The summed E-state index contributed by atoms with van der Waals surface area (Å²) in [6, 6.07) is 0. The predicted molar refractivity (Wildman–Crippen MR) is 102 cm³/mol. The van der Waals surface area contributed by atoms with Crippen molar-refractivity contribution >= 4 is 17.9 Å². The summed E-state index contributed by atoms with van der Waals surface area (Å²) >= 11 is 0. The van der Waals surface area contributed by atoms with Crippen LogP contribution in [0.3, 0.4) is 0 Å². The first-order valence-electron chi connectivity index (χ1n) is 7.58. The first kappa shape index (κ1) is 25.3. The molecule has 0 amide bonds. The van der Waals surface area contributed by atoms with Crippen molar-refractivity contribution in [1.29, 1.82) is 0 Å². The standard InChI is InChI=1S/3C7H6O2.La/c3*1-5-3-2-4-6(5)7(8)9;/h3*2-4H,1H2,(H,8,9);. The minimum Gasteiger partial charge on any atom is -0.478 e. The Bertz CT molecular complexity index is 788. The van der Waals surface area contributed by atoms with Gasteiger partial charge in [0.05, 0.1) is 16.7 Å². The molecule has 141 valence electrons. The van der Waals surface area contributed by atoms with Crippen LogP contribution < -0.4 is 0 Å². The van der Waals surface area contributed by atoms with Gasteiger partial charge in [0.2, 0.25) is 0 Å². The summed E-state index contributed by atoms with van der Waals surface area (Å²) in [5.41, 5.74) is 2.58. The van der Waals surface area contributed by atoms with Gasteiger partial charge in [0, 0.05) is 35.6 Å². The summed E-state index contributed by atoms with van der Waals surface area (Å²) in [5.74, 6) is -2.74. The largest absolute Gasteiger partial charge is 0.478 e. The van der Waals surface area contributed by atoms with Crippen molar-refractivity contribution in [2.75, 3.05) is 0 Å². The summed E-state index contributed by atoms with van der Waals surface area (Å²) in [5, 5.41) is 25.2. The summed E-state index contributed by atoms with van der Waals surface area (Å²) < 4.78 is 0. The third-order valence-electron chi connectivity index (χ3n) is 3.41. The van der Waals surface area contributed by atoms with Crippen LogP contribution >= 0.6 is 0 Å². The average molecular weight is 505 g/mol. The van der Waals surface area contributed by atoms with Crippen LogP contribution in [0.5, 0.6) is 0 Å². The molecule has 0 unspecified atom stereocenters. The van der Waals surface area contributed by atoms with Crippen molar-refractivity contribution in [2.45, 2.75) is 0 Å². The molecule has 0 spiro atoms. The molecular weight excluding hydrogens is 487 g/mol. The Morgan fingerprint density at radius 1 is 0.571 bits per heavy atom. The third-order valence-corrected chi connectivity index (χ3v) is 3.41. The quantitative estimate of drug-likeness (QED) is 0.543. The molecule has 3 rings (SSSR count). The molecule has 7 heteroatoms. The fourth-order valence-electron chi connectivity index (χ4n) is 2.00. The fraction of sp³-hybridized carbons (Fsp3) is 0. The van der Waals surface area contributed by atoms with Crippen LogP contribution in [0, 0.1) is 35.6 Å². The number of hydrogen-bond acceptors (Lipinski definition) is 3. The number of hydrogen-bond donors (Lipinski definition) is 3. The summed E-state index contributed by atoms with van der Waals surface area (Å²) in [7, 11) is 0. The molecule has 6 nitrogen and oxygen atoms in total. The van der Waals surface area contributed by atoms with E-state index in [1.807, 2.05) is 0 Å². The first-order valence-corrected chi connectivity index (χ1v) is 7.58. The molecule has 0 saturated heterocycles. The van der Waals surface area contributed by atoms with Crippen molar-refractivity contribution in [1.82, 2.24) is 0 Å².